The van der Waals surface area contributed by atoms with E-state index < -0.39 is 10.0 Å². The van der Waals surface area contributed by atoms with E-state index in [4.69, 9.17) is 9.47 Å². The van der Waals surface area contributed by atoms with Gasteiger partial charge in [-0.25, -0.2) is 23.1 Å². The number of methoxy groups -OCH3 is 2. The third-order valence-corrected chi connectivity index (χ3v) is 5.61. The molecule has 0 unspecified atom stereocenters. The van der Waals surface area contributed by atoms with E-state index >= 15 is 0 Å². The van der Waals surface area contributed by atoms with Crippen LogP contribution in [0.1, 0.15) is 18.7 Å². The van der Waals surface area contributed by atoms with Gasteiger partial charge in [-0.05, 0) is 31.0 Å². The molecule has 140 valence electrons. The number of hydrogen-bond donors (Lipinski definition) is 1. The van der Waals surface area contributed by atoms with Gasteiger partial charge >= 0.3 is 0 Å². The van der Waals surface area contributed by atoms with Crippen molar-refractivity contribution >= 4 is 15.8 Å². The van der Waals surface area contributed by atoms with Gasteiger partial charge in [-0.15, -0.1) is 0 Å². The number of nitrogens with zero attached hydrogens (tertiary/aromatic N) is 3. The zero-order chi connectivity index (χ0) is 18.6. The monoisotopic (exact) mass is 378 g/mol. The summed E-state index contributed by atoms with van der Waals surface area (Å²) < 4.78 is 37.9. The van der Waals surface area contributed by atoms with E-state index in [0.717, 1.165) is 31.7 Å². The highest BCUT2D eigenvalue weighted by Crippen LogP contribution is 2.29. The number of hydrogen-bond acceptors (Lipinski definition) is 7. The molecule has 1 aliphatic rings. The fourth-order valence-corrected chi connectivity index (χ4v) is 3.82. The Labute approximate surface area is 153 Å². The first kappa shape index (κ1) is 18.4. The quantitative estimate of drug-likeness (QED) is 0.782. The normalized spacial score (nSPS) is 14.5. The molecule has 1 aliphatic heterocycles. The van der Waals surface area contributed by atoms with E-state index in [1.54, 1.807) is 12.3 Å². The second-order valence-corrected chi connectivity index (χ2v) is 7.63. The smallest absolute Gasteiger partial charge is 0.241 e. The number of ether oxygens (including phenoxy) is 2. The van der Waals surface area contributed by atoms with Crippen molar-refractivity contribution in [2.24, 2.45) is 0 Å². The number of sulfonamides is 1. The molecule has 1 aromatic carbocycles. The van der Waals surface area contributed by atoms with Gasteiger partial charge in [-0.3, -0.25) is 0 Å². The van der Waals surface area contributed by atoms with Crippen LogP contribution in [0.4, 0.5) is 5.82 Å². The average Bonchev–Trinajstić information content (AvgIpc) is 3.21. The van der Waals surface area contributed by atoms with Crippen molar-refractivity contribution in [2.75, 3.05) is 32.2 Å². The first-order chi connectivity index (χ1) is 12.5. The summed E-state index contributed by atoms with van der Waals surface area (Å²) in [5.41, 5.74) is 0. The van der Waals surface area contributed by atoms with Crippen LogP contribution < -0.4 is 19.1 Å². The van der Waals surface area contributed by atoms with Gasteiger partial charge in [-0.2, -0.15) is 0 Å². The van der Waals surface area contributed by atoms with E-state index in [9.17, 15) is 8.42 Å². The summed E-state index contributed by atoms with van der Waals surface area (Å²) in [5.74, 6) is 2.08. The van der Waals surface area contributed by atoms with Gasteiger partial charge in [0.25, 0.3) is 0 Å². The van der Waals surface area contributed by atoms with E-state index in [1.165, 1.54) is 26.4 Å². The van der Waals surface area contributed by atoms with Crippen LogP contribution in [0.15, 0.2) is 35.4 Å². The Bertz CT molecular complexity index is 867. The van der Waals surface area contributed by atoms with E-state index in [0.29, 0.717) is 17.3 Å². The molecule has 1 saturated heterocycles. The van der Waals surface area contributed by atoms with Gasteiger partial charge < -0.3 is 14.4 Å². The minimum absolute atomic E-state index is 0.0123. The SMILES string of the molecule is COc1ccc(S(=O)(=O)NCc2nccc(N3CCCC3)n2)cc1OC. The Morgan fingerprint density at radius 2 is 1.85 bits per heavy atom. The average molecular weight is 378 g/mol. The largest absolute Gasteiger partial charge is 0.493 e. The maximum atomic E-state index is 12.5. The van der Waals surface area contributed by atoms with E-state index in [-0.39, 0.29) is 11.4 Å². The van der Waals surface area contributed by atoms with Gasteiger partial charge in [0.2, 0.25) is 10.0 Å². The van der Waals surface area contributed by atoms with Gasteiger partial charge in [-0.1, -0.05) is 0 Å². The minimum atomic E-state index is -3.73. The summed E-state index contributed by atoms with van der Waals surface area (Å²) in [6.07, 6.45) is 3.94. The topological polar surface area (TPSA) is 93.7 Å². The number of aromatic nitrogens is 2. The predicted octanol–water partition coefficient (Wildman–Crippen LogP) is 1.57. The van der Waals surface area contributed by atoms with Gasteiger partial charge in [0.15, 0.2) is 11.5 Å². The fraction of sp³-hybridized carbons (Fsp3) is 0.412. The van der Waals surface area contributed by atoms with Crippen molar-refractivity contribution in [2.45, 2.75) is 24.3 Å². The lowest BCUT2D eigenvalue weighted by atomic mass is 10.3. The second-order valence-electron chi connectivity index (χ2n) is 5.87. The Balaban J connectivity index is 1.73. The van der Waals surface area contributed by atoms with Crippen LogP contribution in [-0.4, -0.2) is 45.7 Å². The standard InChI is InChI=1S/C17H22N4O4S/c1-24-14-6-5-13(11-15(14)25-2)26(22,23)19-12-16-18-8-7-17(20-16)21-9-3-4-10-21/h5-8,11,19H,3-4,9-10,12H2,1-2H3. The summed E-state index contributed by atoms with van der Waals surface area (Å²) in [7, 11) is -0.774. The third-order valence-electron chi connectivity index (χ3n) is 4.21. The van der Waals surface area contributed by atoms with Gasteiger partial charge in [0, 0.05) is 25.4 Å². The zero-order valence-electron chi connectivity index (χ0n) is 14.8. The van der Waals surface area contributed by atoms with Gasteiger partial charge in [0.1, 0.15) is 11.6 Å². The van der Waals surface area contributed by atoms with Crippen LogP contribution in [0.5, 0.6) is 11.5 Å². The van der Waals surface area contributed by atoms with Crippen molar-refractivity contribution in [3.8, 4) is 11.5 Å². The Kier molecular flexibility index (Phi) is 5.58. The molecule has 9 heteroatoms. The number of anilines is 1. The fourth-order valence-electron chi connectivity index (χ4n) is 2.82. The van der Waals surface area contributed by atoms with Crippen molar-refractivity contribution < 1.29 is 17.9 Å². The summed E-state index contributed by atoms with van der Waals surface area (Å²) in [5, 5.41) is 0. The Morgan fingerprint density at radius 1 is 1.12 bits per heavy atom. The summed E-state index contributed by atoms with van der Waals surface area (Å²) in [6.45, 7) is 1.94. The molecular formula is C17H22N4O4S. The number of benzene rings is 1. The molecule has 0 spiro atoms. The summed E-state index contributed by atoms with van der Waals surface area (Å²) in [4.78, 5) is 10.9. The molecule has 0 atom stereocenters. The van der Waals surface area contributed by atoms with Crippen LogP contribution in [0.2, 0.25) is 0 Å². The zero-order valence-corrected chi connectivity index (χ0v) is 15.6. The van der Waals surface area contributed by atoms with E-state index in [1.807, 2.05) is 6.07 Å². The minimum Gasteiger partial charge on any atom is -0.493 e. The molecule has 1 fully saturated rings. The predicted molar refractivity (Wildman–Crippen MR) is 97.1 cm³/mol. The highest BCUT2D eigenvalue weighted by atomic mass is 32.2. The molecule has 0 bridgehead atoms. The molecule has 1 N–H and O–H groups in total. The van der Waals surface area contributed by atoms with Gasteiger partial charge in [0.05, 0.1) is 25.7 Å². The third kappa shape index (κ3) is 4.05. The lowest BCUT2D eigenvalue weighted by molar-refractivity contribution is 0.354. The van der Waals surface area contributed by atoms with Crippen LogP contribution >= 0.6 is 0 Å². The molecule has 0 amide bonds. The maximum Gasteiger partial charge on any atom is 0.241 e. The lowest BCUT2D eigenvalue weighted by Crippen LogP contribution is -2.25. The summed E-state index contributed by atoms with van der Waals surface area (Å²) in [6, 6.07) is 6.28. The first-order valence-corrected chi connectivity index (χ1v) is 9.80. The lowest BCUT2D eigenvalue weighted by Gasteiger charge is -2.16. The molecule has 26 heavy (non-hydrogen) atoms. The van der Waals surface area contributed by atoms with Crippen LogP contribution in [0.25, 0.3) is 0 Å². The molecule has 2 aromatic rings. The Hall–Kier alpha value is -2.39. The Morgan fingerprint density at radius 3 is 2.54 bits per heavy atom. The van der Waals surface area contributed by atoms with E-state index in [2.05, 4.69) is 19.6 Å². The number of nitrogens with one attached hydrogen (secondary N) is 1. The van der Waals surface area contributed by atoms with Crippen LogP contribution in [0, 0.1) is 0 Å². The molecule has 3 rings (SSSR count). The van der Waals surface area contributed by atoms with Crippen molar-refractivity contribution in [1.29, 1.82) is 0 Å². The molecule has 0 saturated carbocycles. The van der Waals surface area contributed by atoms with Crippen LogP contribution in [0.3, 0.4) is 0 Å². The highest BCUT2D eigenvalue weighted by Gasteiger charge is 2.18. The van der Waals surface area contributed by atoms with Crippen LogP contribution in [-0.2, 0) is 16.6 Å². The van der Waals surface area contributed by atoms with Crippen molar-refractivity contribution in [1.82, 2.24) is 14.7 Å². The first-order valence-electron chi connectivity index (χ1n) is 8.32. The number of rotatable bonds is 7. The maximum absolute atomic E-state index is 12.5. The highest BCUT2D eigenvalue weighted by molar-refractivity contribution is 7.89. The molecular weight excluding hydrogens is 356 g/mol. The molecule has 2 heterocycles. The molecule has 8 nitrogen and oxygen atoms in total. The molecule has 1 aromatic heterocycles. The second kappa shape index (κ2) is 7.88. The summed E-state index contributed by atoms with van der Waals surface area (Å²) >= 11 is 0. The molecule has 0 aliphatic carbocycles. The van der Waals surface area contributed by atoms with Crippen molar-refractivity contribution in [3.05, 3.63) is 36.3 Å². The molecule has 0 radical (unpaired) electrons. The van der Waals surface area contributed by atoms with Crippen molar-refractivity contribution in [3.63, 3.8) is 0 Å².